The molecule has 0 radical (unpaired) electrons. The first kappa shape index (κ1) is 14.6. The van der Waals surface area contributed by atoms with Gasteiger partial charge in [-0.2, -0.15) is 0 Å². The molecule has 0 saturated heterocycles. The average Bonchev–Trinajstić information content (AvgIpc) is 2.94. The fraction of sp³-hybridized carbons (Fsp3) is 0.316. The lowest BCUT2D eigenvalue weighted by atomic mass is 9.86. The Labute approximate surface area is 138 Å². The van der Waals surface area contributed by atoms with Crippen LogP contribution in [0.4, 0.5) is 0 Å². The SMILES string of the molecule is Cc1cc(C)c(C2=NO[C@@]3(C)c4ccccc4S(=O)[C@@H]23)c(C)c1. The van der Waals surface area contributed by atoms with Crippen LogP contribution in [0, 0.1) is 20.8 Å². The van der Waals surface area contributed by atoms with E-state index in [1.54, 1.807) is 0 Å². The van der Waals surface area contributed by atoms with Gasteiger partial charge >= 0.3 is 0 Å². The molecule has 2 aliphatic heterocycles. The molecule has 2 aliphatic rings. The Kier molecular flexibility index (Phi) is 3.04. The summed E-state index contributed by atoms with van der Waals surface area (Å²) in [4.78, 5) is 6.73. The summed E-state index contributed by atoms with van der Waals surface area (Å²) in [5, 5.41) is 4.14. The predicted octanol–water partition coefficient (Wildman–Crippen LogP) is 3.75. The molecule has 2 heterocycles. The fourth-order valence-electron chi connectivity index (χ4n) is 3.94. The number of benzene rings is 2. The molecule has 23 heavy (non-hydrogen) atoms. The van der Waals surface area contributed by atoms with E-state index in [1.807, 2.05) is 31.2 Å². The normalized spacial score (nSPS) is 28.1. The van der Waals surface area contributed by atoms with Crippen molar-refractivity contribution in [3.05, 3.63) is 64.2 Å². The number of rotatable bonds is 1. The number of hydrogen-bond donors (Lipinski definition) is 0. The first-order valence-electron chi connectivity index (χ1n) is 7.78. The summed E-state index contributed by atoms with van der Waals surface area (Å²) in [6.07, 6.45) is 0. The molecule has 0 N–H and O–H groups in total. The molecule has 3 nitrogen and oxygen atoms in total. The van der Waals surface area contributed by atoms with Crippen molar-refractivity contribution in [2.75, 3.05) is 0 Å². The van der Waals surface area contributed by atoms with Gasteiger partial charge in [0.15, 0.2) is 5.60 Å². The Hall–Kier alpha value is -1.94. The van der Waals surface area contributed by atoms with Gasteiger partial charge in [0.1, 0.15) is 11.0 Å². The molecular formula is C19H19NO2S. The fourth-order valence-corrected chi connectivity index (χ4v) is 5.83. The van der Waals surface area contributed by atoms with Gasteiger partial charge in [-0.25, -0.2) is 0 Å². The van der Waals surface area contributed by atoms with Gasteiger partial charge in [-0.1, -0.05) is 41.1 Å². The molecule has 2 aromatic rings. The Morgan fingerprint density at radius 3 is 2.48 bits per heavy atom. The highest BCUT2D eigenvalue weighted by atomic mass is 32.2. The van der Waals surface area contributed by atoms with Crippen LogP contribution in [-0.4, -0.2) is 15.2 Å². The molecule has 0 spiro atoms. The lowest BCUT2D eigenvalue weighted by molar-refractivity contribution is -0.00347. The zero-order valence-corrected chi connectivity index (χ0v) is 14.5. The summed E-state index contributed by atoms with van der Waals surface area (Å²) < 4.78 is 13.1. The summed E-state index contributed by atoms with van der Waals surface area (Å²) in [6.45, 7) is 8.25. The van der Waals surface area contributed by atoms with Crippen molar-refractivity contribution < 1.29 is 9.05 Å². The topological polar surface area (TPSA) is 38.7 Å². The number of fused-ring (bicyclic) bond motifs is 3. The van der Waals surface area contributed by atoms with E-state index in [0.29, 0.717) is 0 Å². The third-order valence-corrected chi connectivity index (χ3v) is 6.76. The third kappa shape index (κ3) is 1.88. The second-order valence-corrected chi connectivity index (χ2v) is 8.13. The van der Waals surface area contributed by atoms with Crippen molar-refractivity contribution in [1.29, 1.82) is 0 Å². The monoisotopic (exact) mass is 325 g/mol. The minimum Gasteiger partial charge on any atom is -0.383 e. The van der Waals surface area contributed by atoms with Crippen molar-refractivity contribution in [3.8, 4) is 0 Å². The van der Waals surface area contributed by atoms with Crippen LogP contribution in [0.5, 0.6) is 0 Å². The Bertz CT molecular complexity index is 864. The number of hydrogen-bond acceptors (Lipinski definition) is 3. The highest BCUT2D eigenvalue weighted by Gasteiger charge is 2.57. The quantitative estimate of drug-likeness (QED) is 0.801. The van der Waals surface area contributed by atoms with E-state index in [9.17, 15) is 4.21 Å². The molecule has 3 atom stereocenters. The number of nitrogens with zero attached hydrogens (tertiary/aromatic N) is 1. The minimum atomic E-state index is -1.15. The predicted molar refractivity (Wildman–Crippen MR) is 92.3 cm³/mol. The lowest BCUT2D eigenvalue weighted by Crippen LogP contribution is -2.36. The smallest absolute Gasteiger partial charge is 0.181 e. The minimum absolute atomic E-state index is 0.250. The van der Waals surface area contributed by atoms with E-state index in [0.717, 1.165) is 32.9 Å². The van der Waals surface area contributed by atoms with Crippen molar-refractivity contribution in [2.24, 2.45) is 5.16 Å². The van der Waals surface area contributed by atoms with Crippen molar-refractivity contribution in [2.45, 2.75) is 43.4 Å². The summed E-state index contributed by atoms with van der Waals surface area (Å²) in [7, 11) is -1.15. The molecular weight excluding hydrogens is 306 g/mol. The highest BCUT2D eigenvalue weighted by Crippen LogP contribution is 2.48. The molecule has 118 valence electrons. The molecule has 0 aliphatic carbocycles. The molecule has 0 bridgehead atoms. The molecule has 0 aromatic heterocycles. The molecule has 0 fully saturated rings. The molecule has 0 amide bonds. The summed E-state index contributed by atoms with van der Waals surface area (Å²) >= 11 is 0. The molecule has 4 rings (SSSR count). The van der Waals surface area contributed by atoms with Crippen LogP contribution in [-0.2, 0) is 21.2 Å². The maximum atomic E-state index is 13.1. The number of aryl methyl sites for hydroxylation is 3. The van der Waals surface area contributed by atoms with Crippen LogP contribution >= 0.6 is 0 Å². The van der Waals surface area contributed by atoms with Crippen molar-refractivity contribution >= 4 is 16.5 Å². The van der Waals surface area contributed by atoms with E-state index < -0.39 is 16.4 Å². The standard InChI is InChI=1S/C19H19NO2S/c1-11-9-12(2)16(13(3)10-11)17-18-19(4,22-20-17)14-7-5-6-8-15(14)23(18)21/h5-10,18H,1-4H3/t18-,19-,23?/m0/s1. The highest BCUT2D eigenvalue weighted by molar-refractivity contribution is 7.87. The Balaban J connectivity index is 1.89. The van der Waals surface area contributed by atoms with Gasteiger partial charge in [0.2, 0.25) is 0 Å². The van der Waals surface area contributed by atoms with Gasteiger partial charge in [0, 0.05) is 16.0 Å². The van der Waals surface area contributed by atoms with Crippen LogP contribution in [0.25, 0.3) is 0 Å². The van der Waals surface area contributed by atoms with Gasteiger partial charge in [-0.05, 0) is 44.9 Å². The van der Waals surface area contributed by atoms with Crippen LogP contribution in [0.2, 0.25) is 0 Å². The summed E-state index contributed by atoms with van der Waals surface area (Å²) in [5.41, 5.74) is 5.78. The van der Waals surface area contributed by atoms with E-state index in [1.165, 1.54) is 5.56 Å². The summed E-state index contributed by atoms with van der Waals surface area (Å²) in [6, 6.07) is 12.1. The third-order valence-electron chi connectivity index (χ3n) is 4.87. The first-order valence-corrected chi connectivity index (χ1v) is 8.99. The first-order chi connectivity index (χ1) is 10.9. The van der Waals surface area contributed by atoms with E-state index in [2.05, 4.69) is 38.1 Å². The van der Waals surface area contributed by atoms with Gasteiger partial charge < -0.3 is 4.84 Å². The van der Waals surface area contributed by atoms with Gasteiger partial charge in [-0.15, -0.1) is 0 Å². The van der Waals surface area contributed by atoms with Crippen LogP contribution in [0.1, 0.15) is 34.7 Å². The largest absolute Gasteiger partial charge is 0.383 e. The van der Waals surface area contributed by atoms with Crippen molar-refractivity contribution in [3.63, 3.8) is 0 Å². The van der Waals surface area contributed by atoms with Crippen LogP contribution in [0.3, 0.4) is 0 Å². The summed E-state index contributed by atoms with van der Waals surface area (Å²) in [5.74, 6) is 0. The second-order valence-electron chi connectivity index (χ2n) is 6.62. The van der Waals surface area contributed by atoms with Gasteiger partial charge in [0.05, 0.1) is 10.8 Å². The van der Waals surface area contributed by atoms with Crippen LogP contribution < -0.4 is 0 Å². The Morgan fingerprint density at radius 1 is 1.13 bits per heavy atom. The zero-order valence-electron chi connectivity index (χ0n) is 13.7. The zero-order chi connectivity index (χ0) is 16.4. The van der Waals surface area contributed by atoms with E-state index in [4.69, 9.17) is 4.84 Å². The molecule has 1 unspecified atom stereocenters. The lowest BCUT2D eigenvalue weighted by Gasteiger charge is -2.22. The molecule has 0 saturated carbocycles. The molecule has 4 heteroatoms. The number of oxime groups is 1. The van der Waals surface area contributed by atoms with Crippen molar-refractivity contribution in [1.82, 2.24) is 0 Å². The van der Waals surface area contributed by atoms with E-state index >= 15 is 0 Å². The van der Waals surface area contributed by atoms with E-state index in [-0.39, 0.29) is 5.25 Å². The Morgan fingerprint density at radius 2 is 1.78 bits per heavy atom. The molecule has 2 aromatic carbocycles. The average molecular weight is 325 g/mol. The maximum Gasteiger partial charge on any atom is 0.181 e. The maximum absolute atomic E-state index is 13.1. The van der Waals surface area contributed by atoms with Gasteiger partial charge in [0.25, 0.3) is 0 Å². The van der Waals surface area contributed by atoms with Gasteiger partial charge in [-0.3, -0.25) is 4.21 Å². The van der Waals surface area contributed by atoms with Crippen LogP contribution in [0.15, 0.2) is 46.4 Å². The second kappa shape index (κ2) is 4.78.